The summed E-state index contributed by atoms with van der Waals surface area (Å²) in [5.74, 6) is -0.0415. The van der Waals surface area contributed by atoms with Crippen LogP contribution in [0.4, 0.5) is 5.69 Å². The summed E-state index contributed by atoms with van der Waals surface area (Å²) in [6, 6.07) is 12.7. The van der Waals surface area contributed by atoms with Crippen molar-refractivity contribution in [2.45, 2.75) is 31.1 Å². The summed E-state index contributed by atoms with van der Waals surface area (Å²) in [6.45, 7) is 2.32. The highest BCUT2D eigenvalue weighted by molar-refractivity contribution is 7.89. The molecule has 2 aromatic carbocycles. The van der Waals surface area contributed by atoms with E-state index < -0.39 is 10.0 Å². The molecule has 154 valence electrons. The van der Waals surface area contributed by atoms with Crippen molar-refractivity contribution in [3.8, 4) is 5.75 Å². The first-order chi connectivity index (χ1) is 13.9. The minimum Gasteiger partial charge on any atom is -0.484 e. The second kappa shape index (κ2) is 9.19. The van der Waals surface area contributed by atoms with E-state index in [9.17, 15) is 18.0 Å². The number of ketones is 1. The van der Waals surface area contributed by atoms with Gasteiger partial charge in [-0.15, -0.1) is 0 Å². The Bertz CT molecular complexity index is 980. The lowest BCUT2D eigenvalue weighted by Crippen LogP contribution is -2.35. The fourth-order valence-corrected chi connectivity index (χ4v) is 4.63. The van der Waals surface area contributed by atoms with Crippen LogP contribution in [-0.4, -0.2) is 44.1 Å². The van der Waals surface area contributed by atoms with Gasteiger partial charge in [0.15, 0.2) is 12.4 Å². The Labute approximate surface area is 170 Å². The third-order valence-electron chi connectivity index (χ3n) is 4.70. The highest BCUT2D eigenvalue weighted by Gasteiger charge is 2.25. The molecule has 7 nitrogen and oxygen atoms in total. The number of nitrogens with zero attached hydrogens (tertiary/aromatic N) is 1. The Morgan fingerprint density at radius 3 is 2.38 bits per heavy atom. The molecule has 1 N–H and O–H groups in total. The second-order valence-corrected chi connectivity index (χ2v) is 8.85. The molecule has 8 heteroatoms. The van der Waals surface area contributed by atoms with Crippen LogP contribution in [0, 0.1) is 0 Å². The average Bonchev–Trinajstić information content (AvgIpc) is 2.73. The van der Waals surface area contributed by atoms with Crippen LogP contribution in [0.5, 0.6) is 5.75 Å². The van der Waals surface area contributed by atoms with E-state index in [1.807, 2.05) is 0 Å². The molecule has 1 amide bonds. The van der Waals surface area contributed by atoms with E-state index in [0.717, 1.165) is 19.3 Å². The van der Waals surface area contributed by atoms with Gasteiger partial charge in [0.1, 0.15) is 5.75 Å². The summed E-state index contributed by atoms with van der Waals surface area (Å²) in [6.07, 6.45) is 2.81. The van der Waals surface area contributed by atoms with Crippen LogP contribution in [-0.2, 0) is 14.8 Å². The number of piperidine rings is 1. The molecule has 0 saturated carbocycles. The Balaban J connectivity index is 1.57. The first-order valence-electron chi connectivity index (χ1n) is 9.50. The van der Waals surface area contributed by atoms with E-state index in [2.05, 4.69) is 5.32 Å². The second-order valence-electron chi connectivity index (χ2n) is 6.91. The molecule has 0 spiro atoms. The lowest BCUT2D eigenvalue weighted by Gasteiger charge is -2.25. The smallest absolute Gasteiger partial charge is 0.262 e. The molecule has 2 aromatic rings. The minimum absolute atomic E-state index is 0.0838. The Kier molecular flexibility index (Phi) is 6.66. The summed E-state index contributed by atoms with van der Waals surface area (Å²) < 4.78 is 32.2. The third kappa shape index (κ3) is 5.42. The number of nitrogens with one attached hydrogen (secondary N) is 1. The van der Waals surface area contributed by atoms with Crippen LogP contribution in [0.1, 0.15) is 36.5 Å². The van der Waals surface area contributed by atoms with E-state index in [1.54, 1.807) is 36.4 Å². The number of hydrogen-bond acceptors (Lipinski definition) is 5. The molecule has 1 heterocycles. The lowest BCUT2D eigenvalue weighted by atomic mass is 10.1. The maximum Gasteiger partial charge on any atom is 0.262 e. The predicted molar refractivity (Wildman–Crippen MR) is 110 cm³/mol. The topological polar surface area (TPSA) is 92.8 Å². The van der Waals surface area contributed by atoms with E-state index in [0.29, 0.717) is 30.1 Å². The summed E-state index contributed by atoms with van der Waals surface area (Å²) in [4.78, 5) is 23.7. The zero-order chi connectivity index (χ0) is 20.9. The van der Waals surface area contributed by atoms with Crippen molar-refractivity contribution in [1.82, 2.24) is 4.31 Å². The number of sulfonamides is 1. The van der Waals surface area contributed by atoms with Crippen LogP contribution in [0.25, 0.3) is 0 Å². The van der Waals surface area contributed by atoms with Gasteiger partial charge in [-0.1, -0.05) is 18.6 Å². The van der Waals surface area contributed by atoms with Crippen molar-refractivity contribution < 1.29 is 22.7 Å². The van der Waals surface area contributed by atoms with Crippen molar-refractivity contribution in [2.24, 2.45) is 0 Å². The van der Waals surface area contributed by atoms with E-state index in [-0.39, 0.29) is 23.2 Å². The summed E-state index contributed by atoms with van der Waals surface area (Å²) in [5, 5.41) is 2.67. The highest BCUT2D eigenvalue weighted by atomic mass is 32.2. The summed E-state index contributed by atoms with van der Waals surface area (Å²) in [7, 11) is -3.50. The molecule has 1 saturated heterocycles. The fraction of sp³-hybridized carbons (Fsp3) is 0.333. The van der Waals surface area contributed by atoms with Crippen LogP contribution in [0.3, 0.4) is 0 Å². The maximum atomic E-state index is 12.7. The number of carbonyl (C=O) groups excluding carboxylic acids is 2. The molecule has 1 aliphatic heterocycles. The molecule has 3 rings (SSSR count). The molecular weight excluding hydrogens is 392 g/mol. The van der Waals surface area contributed by atoms with Crippen molar-refractivity contribution in [1.29, 1.82) is 0 Å². The third-order valence-corrected chi connectivity index (χ3v) is 6.61. The average molecular weight is 416 g/mol. The van der Waals surface area contributed by atoms with Gasteiger partial charge in [-0.05, 0) is 56.2 Å². The standard InChI is InChI=1S/C21H24N2O5S/c1-16(24)17-6-5-7-19(14-17)28-15-21(25)22-18-8-10-20(11-9-18)29(26,27)23-12-3-2-4-13-23/h5-11,14H,2-4,12-13,15H2,1H3,(H,22,25). The number of Topliss-reactive ketones (excluding diaryl/α,β-unsaturated/α-hetero) is 1. The molecule has 0 unspecified atom stereocenters. The van der Waals surface area contributed by atoms with E-state index >= 15 is 0 Å². The van der Waals surface area contributed by atoms with Gasteiger partial charge in [0.2, 0.25) is 10.0 Å². The van der Waals surface area contributed by atoms with Crippen molar-refractivity contribution >= 4 is 27.4 Å². The quantitative estimate of drug-likeness (QED) is 0.700. The number of carbonyl (C=O) groups is 2. The minimum atomic E-state index is -3.50. The highest BCUT2D eigenvalue weighted by Crippen LogP contribution is 2.22. The van der Waals surface area contributed by atoms with Gasteiger partial charge < -0.3 is 10.1 Å². The number of rotatable bonds is 7. The molecular formula is C21H24N2O5S. The Morgan fingerprint density at radius 1 is 1.03 bits per heavy atom. The van der Waals surface area contributed by atoms with Gasteiger partial charge in [-0.2, -0.15) is 4.31 Å². The molecule has 1 aliphatic rings. The SMILES string of the molecule is CC(=O)c1cccc(OCC(=O)Nc2ccc(S(=O)(=O)N3CCCCC3)cc2)c1. The maximum absolute atomic E-state index is 12.7. The van der Waals surface area contributed by atoms with Crippen molar-refractivity contribution in [3.05, 3.63) is 54.1 Å². The first-order valence-corrected chi connectivity index (χ1v) is 10.9. The first kappa shape index (κ1) is 21.0. The van der Waals surface area contributed by atoms with Crippen LogP contribution >= 0.6 is 0 Å². The zero-order valence-electron chi connectivity index (χ0n) is 16.3. The van der Waals surface area contributed by atoms with Gasteiger partial charge >= 0.3 is 0 Å². The van der Waals surface area contributed by atoms with Gasteiger partial charge in [-0.3, -0.25) is 9.59 Å². The number of hydrogen-bond donors (Lipinski definition) is 1. The molecule has 1 fully saturated rings. The van der Waals surface area contributed by atoms with Gasteiger partial charge in [0, 0.05) is 24.3 Å². The molecule has 0 aliphatic carbocycles. The number of amides is 1. The van der Waals surface area contributed by atoms with Gasteiger partial charge in [-0.25, -0.2) is 8.42 Å². The molecule has 0 bridgehead atoms. The van der Waals surface area contributed by atoms with E-state index in [1.165, 1.54) is 23.4 Å². The normalized spacial score (nSPS) is 14.9. The van der Waals surface area contributed by atoms with Crippen LogP contribution < -0.4 is 10.1 Å². The number of benzene rings is 2. The number of anilines is 1. The monoisotopic (exact) mass is 416 g/mol. The largest absolute Gasteiger partial charge is 0.484 e. The molecule has 29 heavy (non-hydrogen) atoms. The van der Waals surface area contributed by atoms with E-state index in [4.69, 9.17) is 4.74 Å². The molecule has 0 aromatic heterocycles. The Morgan fingerprint density at radius 2 is 1.72 bits per heavy atom. The summed E-state index contributed by atoms with van der Waals surface area (Å²) in [5.41, 5.74) is 0.988. The molecule has 0 atom stereocenters. The molecule has 0 radical (unpaired) electrons. The summed E-state index contributed by atoms with van der Waals surface area (Å²) >= 11 is 0. The van der Waals surface area contributed by atoms with Crippen molar-refractivity contribution in [3.63, 3.8) is 0 Å². The van der Waals surface area contributed by atoms with Crippen LogP contribution in [0.2, 0.25) is 0 Å². The fourth-order valence-electron chi connectivity index (χ4n) is 3.12. The van der Waals surface area contributed by atoms with Gasteiger partial charge in [0.05, 0.1) is 4.90 Å². The van der Waals surface area contributed by atoms with Crippen LogP contribution in [0.15, 0.2) is 53.4 Å². The number of ether oxygens (including phenoxy) is 1. The Hall–Kier alpha value is -2.71. The lowest BCUT2D eigenvalue weighted by molar-refractivity contribution is -0.118. The zero-order valence-corrected chi connectivity index (χ0v) is 17.1. The predicted octanol–water partition coefficient (Wildman–Crippen LogP) is 3.08. The van der Waals surface area contributed by atoms with Gasteiger partial charge in [0.25, 0.3) is 5.91 Å². The van der Waals surface area contributed by atoms with Crippen molar-refractivity contribution in [2.75, 3.05) is 25.0 Å².